The maximum absolute atomic E-state index is 9.50. The Balaban J connectivity index is 2.09. The molecule has 1 heterocycles. The van der Waals surface area contributed by atoms with E-state index in [1.807, 2.05) is 11.7 Å². The van der Waals surface area contributed by atoms with Crippen molar-refractivity contribution in [1.82, 2.24) is 15.1 Å². The molecule has 0 radical (unpaired) electrons. The van der Waals surface area contributed by atoms with Crippen molar-refractivity contribution in [2.24, 2.45) is 13.0 Å². The van der Waals surface area contributed by atoms with E-state index in [0.29, 0.717) is 24.6 Å². The molecule has 2 N–H and O–H groups in total. The molecule has 1 aromatic heterocycles. The standard InChI is InChI=1S/C15H27N3O/c1-10(15-11(2)17-18(4)12(15)3)16-14-8-6-5-7-13(14)9-19/h10,13-14,16,19H,5-9H2,1-4H3. The van der Waals surface area contributed by atoms with E-state index in [9.17, 15) is 5.11 Å². The normalized spacial score (nSPS) is 25.5. The number of hydrogen-bond acceptors (Lipinski definition) is 3. The summed E-state index contributed by atoms with van der Waals surface area (Å²) in [7, 11) is 2.00. The molecule has 3 unspecified atom stereocenters. The van der Waals surface area contributed by atoms with Gasteiger partial charge in [0, 0.05) is 37.0 Å². The molecule has 1 fully saturated rings. The fourth-order valence-electron chi connectivity index (χ4n) is 3.47. The average Bonchev–Trinajstić information content (AvgIpc) is 2.64. The van der Waals surface area contributed by atoms with Gasteiger partial charge >= 0.3 is 0 Å². The van der Waals surface area contributed by atoms with Crippen LogP contribution in [0, 0.1) is 19.8 Å². The smallest absolute Gasteiger partial charge is 0.0644 e. The molecule has 1 saturated carbocycles. The third-order valence-electron chi connectivity index (χ3n) is 4.61. The van der Waals surface area contributed by atoms with Crippen molar-refractivity contribution in [2.45, 2.75) is 58.5 Å². The Labute approximate surface area is 116 Å². The van der Waals surface area contributed by atoms with Crippen LogP contribution in [-0.2, 0) is 7.05 Å². The van der Waals surface area contributed by atoms with Gasteiger partial charge in [0.25, 0.3) is 0 Å². The Hall–Kier alpha value is -0.870. The fourth-order valence-corrected chi connectivity index (χ4v) is 3.47. The summed E-state index contributed by atoms with van der Waals surface area (Å²) >= 11 is 0. The van der Waals surface area contributed by atoms with E-state index in [0.717, 1.165) is 12.1 Å². The maximum Gasteiger partial charge on any atom is 0.0644 e. The molecule has 19 heavy (non-hydrogen) atoms. The van der Waals surface area contributed by atoms with Crippen molar-refractivity contribution >= 4 is 0 Å². The van der Waals surface area contributed by atoms with E-state index in [1.165, 1.54) is 30.5 Å². The topological polar surface area (TPSA) is 50.1 Å². The van der Waals surface area contributed by atoms with E-state index in [4.69, 9.17) is 0 Å². The number of aliphatic hydroxyl groups excluding tert-OH is 1. The first kappa shape index (κ1) is 14.5. The van der Waals surface area contributed by atoms with E-state index in [2.05, 4.69) is 31.2 Å². The van der Waals surface area contributed by atoms with Crippen LogP contribution < -0.4 is 5.32 Å². The SMILES string of the molecule is Cc1nn(C)c(C)c1C(C)NC1CCCCC1CO. The van der Waals surface area contributed by atoms with Crippen LogP contribution in [0.1, 0.15) is 55.6 Å². The maximum atomic E-state index is 9.50. The molecule has 1 aliphatic rings. The lowest BCUT2D eigenvalue weighted by molar-refractivity contribution is 0.147. The van der Waals surface area contributed by atoms with Crippen LogP contribution in [0.4, 0.5) is 0 Å². The molecule has 0 bridgehead atoms. The van der Waals surface area contributed by atoms with Gasteiger partial charge in [0.05, 0.1) is 5.69 Å². The predicted molar refractivity (Wildman–Crippen MR) is 77.1 cm³/mol. The number of hydrogen-bond donors (Lipinski definition) is 2. The molecule has 0 aliphatic heterocycles. The van der Waals surface area contributed by atoms with Crippen LogP contribution in [0.2, 0.25) is 0 Å². The molecule has 108 valence electrons. The summed E-state index contributed by atoms with van der Waals surface area (Å²) in [4.78, 5) is 0. The fraction of sp³-hybridized carbons (Fsp3) is 0.800. The van der Waals surface area contributed by atoms with E-state index in [1.54, 1.807) is 0 Å². The second-order valence-corrected chi connectivity index (χ2v) is 5.93. The lowest BCUT2D eigenvalue weighted by atomic mass is 9.84. The number of nitrogens with one attached hydrogen (secondary N) is 1. The highest BCUT2D eigenvalue weighted by molar-refractivity contribution is 5.27. The van der Waals surface area contributed by atoms with Gasteiger partial charge in [-0.3, -0.25) is 4.68 Å². The van der Waals surface area contributed by atoms with Crippen LogP contribution in [0.3, 0.4) is 0 Å². The molecule has 0 spiro atoms. The number of aromatic nitrogens is 2. The molecule has 0 saturated heterocycles. The second-order valence-electron chi connectivity index (χ2n) is 5.93. The molecule has 0 amide bonds. The Morgan fingerprint density at radius 1 is 1.37 bits per heavy atom. The van der Waals surface area contributed by atoms with Gasteiger partial charge in [-0.05, 0) is 39.5 Å². The minimum Gasteiger partial charge on any atom is -0.396 e. The number of rotatable bonds is 4. The zero-order chi connectivity index (χ0) is 14.0. The Bertz CT molecular complexity index is 427. The highest BCUT2D eigenvalue weighted by Gasteiger charge is 2.27. The van der Waals surface area contributed by atoms with E-state index < -0.39 is 0 Å². The molecular weight excluding hydrogens is 238 g/mol. The van der Waals surface area contributed by atoms with Gasteiger partial charge in [0.15, 0.2) is 0 Å². The summed E-state index contributed by atoms with van der Waals surface area (Å²) in [5.41, 5.74) is 3.65. The quantitative estimate of drug-likeness (QED) is 0.878. The molecule has 1 aliphatic carbocycles. The van der Waals surface area contributed by atoms with Crippen molar-refractivity contribution in [2.75, 3.05) is 6.61 Å². The van der Waals surface area contributed by atoms with Crippen molar-refractivity contribution in [3.8, 4) is 0 Å². The number of aliphatic hydroxyl groups is 1. The Kier molecular flexibility index (Phi) is 4.63. The minimum absolute atomic E-state index is 0.297. The van der Waals surface area contributed by atoms with Crippen LogP contribution in [0.5, 0.6) is 0 Å². The molecule has 1 aromatic rings. The van der Waals surface area contributed by atoms with Crippen molar-refractivity contribution in [3.63, 3.8) is 0 Å². The second kappa shape index (κ2) is 6.06. The van der Waals surface area contributed by atoms with Gasteiger partial charge in [0.1, 0.15) is 0 Å². The first-order valence-corrected chi connectivity index (χ1v) is 7.41. The van der Waals surface area contributed by atoms with Crippen molar-refractivity contribution in [1.29, 1.82) is 0 Å². The van der Waals surface area contributed by atoms with Gasteiger partial charge in [-0.15, -0.1) is 0 Å². The molecular formula is C15H27N3O. The average molecular weight is 265 g/mol. The third kappa shape index (κ3) is 3.00. The number of aryl methyl sites for hydroxylation is 2. The Morgan fingerprint density at radius 2 is 2.05 bits per heavy atom. The largest absolute Gasteiger partial charge is 0.396 e. The van der Waals surface area contributed by atoms with E-state index in [-0.39, 0.29) is 0 Å². The molecule has 0 aromatic carbocycles. The zero-order valence-corrected chi connectivity index (χ0v) is 12.6. The molecule has 4 nitrogen and oxygen atoms in total. The van der Waals surface area contributed by atoms with Crippen molar-refractivity contribution < 1.29 is 5.11 Å². The lowest BCUT2D eigenvalue weighted by Gasteiger charge is -2.33. The van der Waals surface area contributed by atoms with E-state index >= 15 is 0 Å². The number of nitrogens with zero attached hydrogens (tertiary/aromatic N) is 2. The molecule has 3 atom stereocenters. The summed E-state index contributed by atoms with van der Waals surface area (Å²) in [5, 5.41) is 17.7. The Morgan fingerprint density at radius 3 is 2.63 bits per heavy atom. The summed E-state index contributed by atoms with van der Waals surface area (Å²) < 4.78 is 1.95. The zero-order valence-electron chi connectivity index (χ0n) is 12.6. The van der Waals surface area contributed by atoms with Crippen LogP contribution >= 0.6 is 0 Å². The first-order valence-electron chi connectivity index (χ1n) is 7.41. The summed E-state index contributed by atoms with van der Waals surface area (Å²) in [6.07, 6.45) is 4.84. The summed E-state index contributed by atoms with van der Waals surface area (Å²) in [6, 6.07) is 0.735. The highest BCUT2D eigenvalue weighted by atomic mass is 16.3. The minimum atomic E-state index is 0.297. The monoisotopic (exact) mass is 265 g/mol. The van der Waals surface area contributed by atoms with Gasteiger partial charge in [0.2, 0.25) is 0 Å². The van der Waals surface area contributed by atoms with Gasteiger partial charge in [-0.1, -0.05) is 12.8 Å². The van der Waals surface area contributed by atoms with Gasteiger partial charge < -0.3 is 10.4 Å². The summed E-state index contributed by atoms with van der Waals surface area (Å²) in [5.74, 6) is 0.411. The van der Waals surface area contributed by atoms with Crippen LogP contribution in [-0.4, -0.2) is 27.5 Å². The van der Waals surface area contributed by atoms with Crippen molar-refractivity contribution in [3.05, 3.63) is 17.0 Å². The molecule has 2 rings (SSSR count). The predicted octanol–water partition coefficient (Wildman–Crippen LogP) is 2.24. The third-order valence-corrected chi connectivity index (χ3v) is 4.61. The van der Waals surface area contributed by atoms with Gasteiger partial charge in [-0.25, -0.2) is 0 Å². The van der Waals surface area contributed by atoms with Crippen LogP contribution in [0.25, 0.3) is 0 Å². The first-order chi connectivity index (χ1) is 9.04. The van der Waals surface area contributed by atoms with Crippen LogP contribution in [0.15, 0.2) is 0 Å². The summed E-state index contributed by atoms with van der Waals surface area (Å²) in [6.45, 7) is 6.71. The highest BCUT2D eigenvalue weighted by Crippen LogP contribution is 2.28. The molecule has 4 heteroatoms. The lowest BCUT2D eigenvalue weighted by Crippen LogP contribution is -2.41. The van der Waals surface area contributed by atoms with Gasteiger partial charge in [-0.2, -0.15) is 5.10 Å².